The minimum Gasteiger partial charge on any atom is -0.495 e. The predicted molar refractivity (Wildman–Crippen MR) is 136 cm³/mol. The van der Waals surface area contributed by atoms with Crippen LogP contribution in [0.4, 0.5) is 8.78 Å². The van der Waals surface area contributed by atoms with Gasteiger partial charge in [-0.3, -0.25) is 9.59 Å². The standard InChI is InChI=1S/C28H23ClF2N2O5/c1-38-25-15-33(26(35)11-22(25)21-10-20(29)7-6-19(21)14-32)23(8-17-12-28(30,31)13-17)24(34)9-16-2-4-18(5-3-16)27(36)37/h2-7,10-11,15,17,23H,8-9,12-13H2,1H3,(H,36,37). The Morgan fingerprint density at radius 1 is 1.18 bits per heavy atom. The normalized spacial score (nSPS) is 15.2. The summed E-state index contributed by atoms with van der Waals surface area (Å²) >= 11 is 6.12. The van der Waals surface area contributed by atoms with Crippen LogP contribution < -0.4 is 10.3 Å². The van der Waals surface area contributed by atoms with Crippen molar-refractivity contribution in [2.24, 2.45) is 5.92 Å². The van der Waals surface area contributed by atoms with Gasteiger partial charge in [0.2, 0.25) is 5.92 Å². The van der Waals surface area contributed by atoms with Crippen LogP contribution in [-0.4, -0.2) is 34.5 Å². The van der Waals surface area contributed by atoms with Crippen LogP contribution in [0.5, 0.6) is 5.75 Å². The monoisotopic (exact) mass is 540 g/mol. The lowest BCUT2D eigenvalue weighted by Gasteiger charge is -2.37. The summed E-state index contributed by atoms with van der Waals surface area (Å²) in [4.78, 5) is 37.9. The summed E-state index contributed by atoms with van der Waals surface area (Å²) in [5, 5.41) is 19.0. The Balaban J connectivity index is 1.73. The number of nitrogens with zero attached hydrogens (tertiary/aromatic N) is 2. The molecular formula is C28H23ClF2N2O5. The number of carbonyl (C=O) groups excluding carboxylic acids is 1. The molecule has 1 N–H and O–H groups in total. The Bertz CT molecular complexity index is 1490. The molecule has 1 fully saturated rings. The highest BCUT2D eigenvalue weighted by Crippen LogP contribution is 2.46. The molecule has 0 aliphatic heterocycles. The molecule has 196 valence electrons. The average Bonchev–Trinajstić information content (AvgIpc) is 2.86. The summed E-state index contributed by atoms with van der Waals surface area (Å²) in [5.41, 5.74) is 0.954. The van der Waals surface area contributed by atoms with Crippen molar-refractivity contribution in [3.63, 3.8) is 0 Å². The molecule has 0 radical (unpaired) electrons. The Hall–Kier alpha value is -4.03. The minimum atomic E-state index is -2.79. The van der Waals surface area contributed by atoms with Crippen molar-refractivity contribution in [1.82, 2.24) is 4.57 Å². The van der Waals surface area contributed by atoms with E-state index in [1.165, 1.54) is 60.3 Å². The molecule has 0 amide bonds. The third-order valence-corrected chi connectivity index (χ3v) is 6.91. The number of ketones is 1. The first-order chi connectivity index (χ1) is 18.0. The number of rotatable bonds is 9. The molecule has 1 aliphatic carbocycles. The van der Waals surface area contributed by atoms with Crippen LogP contribution in [0.15, 0.2) is 59.5 Å². The first-order valence-electron chi connectivity index (χ1n) is 11.7. The topological polar surface area (TPSA) is 109 Å². The van der Waals surface area contributed by atoms with E-state index in [0.717, 1.165) is 0 Å². The quantitative estimate of drug-likeness (QED) is 0.382. The number of hydrogen-bond donors (Lipinski definition) is 1. The van der Waals surface area contributed by atoms with Gasteiger partial charge in [-0.1, -0.05) is 23.7 Å². The molecule has 10 heteroatoms. The summed E-state index contributed by atoms with van der Waals surface area (Å²) in [5.74, 6) is -4.54. The Kier molecular flexibility index (Phi) is 7.65. The number of carboxylic acids is 1. The van der Waals surface area contributed by atoms with Crippen molar-refractivity contribution in [2.45, 2.75) is 37.6 Å². The van der Waals surface area contributed by atoms with Crippen molar-refractivity contribution < 1.29 is 28.2 Å². The number of halogens is 3. The number of ether oxygens (including phenoxy) is 1. The number of carboxylic acid groups (broad SMARTS) is 1. The van der Waals surface area contributed by atoms with Gasteiger partial charge in [0.25, 0.3) is 5.56 Å². The van der Waals surface area contributed by atoms with Crippen molar-refractivity contribution >= 4 is 23.4 Å². The Morgan fingerprint density at radius 3 is 2.45 bits per heavy atom. The summed E-state index contributed by atoms with van der Waals surface area (Å²) in [6.45, 7) is 0. The van der Waals surface area contributed by atoms with E-state index in [1.807, 2.05) is 6.07 Å². The lowest BCUT2D eigenvalue weighted by atomic mass is 9.76. The van der Waals surface area contributed by atoms with Crippen molar-refractivity contribution in [3.05, 3.63) is 86.8 Å². The van der Waals surface area contributed by atoms with Crippen LogP contribution >= 0.6 is 11.6 Å². The van der Waals surface area contributed by atoms with E-state index in [2.05, 4.69) is 0 Å². The van der Waals surface area contributed by atoms with Gasteiger partial charge in [-0.05, 0) is 48.2 Å². The van der Waals surface area contributed by atoms with E-state index < -0.39 is 29.4 Å². The maximum absolute atomic E-state index is 13.6. The van der Waals surface area contributed by atoms with E-state index in [0.29, 0.717) is 21.7 Å². The molecule has 7 nitrogen and oxygen atoms in total. The second-order valence-electron chi connectivity index (χ2n) is 9.33. The lowest BCUT2D eigenvalue weighted by molar-refractivity contribution is -0.129. The number of pyridine rings is 1. The number of carbonyl (C=O) groups is 2. The van der Waals surface area contributed by atoms with Crippen LogP contribution in [-0.2, 0) is 11.2 Å². The zero-order chi connectivity index (χ0) is 27.6. The SMILES string of the molecule is COc1cn(C(CC2CC(F)(F)C2)C(=O)Cc2ccc(C(=O)O)cc2)c(=O)cc1-c1cc(Cl)ccc1C#N. The second kappa shape index (κ2) is 10.8. The van der Waals surface area contributed by atoms with Gasteiger partial charge in [-0.2, -0.15) is 5.26 Å². The molecule has 2 aromatic carbocycles. The van der Waals surface area contributed by atoms with Gasteiger partial charge in [0.05, 0.1) is 36.5 Å². The van der Waals surface area contributed by atoms with E-state index in [1.54, 1.807) is 6.07 Å². The molecule has 0 bridgehead atoms. The largest absolute Gasteiger partial charge is 0.495 e. The summed E-state index contributed by atoms with van der Waals surface area (Å²) < 4.78 is 33.8. The van der Waals surface area contributed by atoms with Gasteiger partial charge in [0.15, 0.2) is 5.78 Å². The maximum atomic E-state index is 13.6. The average molecular weight is 541 g/mol. The molecule has 0 spiro atoms. The summed E-state index contributed by atoms with van der Waals surface area (Å²) in [6.07, 6.45) is 0.512. The van der Waals surface area contributed by atoms with E-state index >= 15 is 0 Å². The van der Waals surface area contributed by atoms with Gasteiger partial charge < -0.3 is 14.4 Å². The molecular weight excluding hydrogens is 518 g/mol. The maximum Gasteiger partial charge on any atom is 0.335 e. The fraction of sp³-hybridized carbons (Fsp3) is 0.286. The summed E-state index contributed by atoms with van der Waals surface area (Å²) in [7, 11) is 1.37. The number of benzene rings is 2. The van der Waals surface area contributed by atoms with E-state index in [9.17, 15) is 28.4 Å². The number of nitriles is 1. The van der Waals surface area contributed by atoms with Gasteiger partial charge >= 0.3 is 5.97 Å². The highest BCUT2D eigenvalue weighted by Gasteiger charge is 2.46. The zero-order valence-corrected chi connectivity index (χ0v) is 21.0. The molecule has 1 unspecified atom stereocenters. The zero-order valence-electron chi connectivity index (χ0n) is 20.3. The van der Waals surface area contributed by atoms with Crippen molar-refractivity contribution in [3.8, 4) is 22.9 Å². The number of methoxy groups -OCH3 is 1. The Labute approximate surface area is 221 Å². The third kappa shape index (κ3) is 5.76. The van der Waals surface area contributed by atoms with E-state index in [4.69, 9.17) is 21.4 Å². The molecule has 1 aromatic heterocycles. The molecule has 38 heavy (non-hydrogen) atoms. The molecule has 1 heterocycles. The summed E-state index contributed by atoms with van der Waals surface area (Å²) in [6, 6.07) is 12.6. The Morgan fingerprint density at radius 2 is 1.87 bits per heavy atom. The highest BCUT2D eigenvalue weighted by atomic mass is 35.5. The fourth-order valence-electron chi connectivity index (χ4n) is 4.73. The molecule has 3 aromatic rings. The molecule has 1 aliphatic rings. The predicted octanol–water partition coefficient (Wildman–Crippen LogP) is 5.54. The molecule has 0 saturated heterocycles. The number of aromatic carboxylic acids is 1. The van der Waals surface area contributed by atoms with Crippen LogP contribution in [0.2, 0.25) is 5.02 Å². The van der Waals surface area contributed by atoms with Crippen LogP contribution in [0.1, 0.15) is 46.8 Å². The number of aromatic nitrogens is 1. The number of alkyl halides is 2. The highest BCUT2D eigenvalue weighted by molar-refractivity contribution is 6.31. The van der Waals surface area contributed by atoms with Gasteiger partial charge in [-0.15, -0.1) is 0 Å². The smallest absolute Gasteiger partial charge is 0.335 e. The van der Waals surface area contributed by atoms with Crippen LogP contribution in [0.3, 0.4) is 0 Å². The molecule has 4 rings (SSSR count). The van der Waals surface area contributed by atoms with Crippen LogP contribution in [0, 0.1) is 17.2 Å². The minimum absolute atomic E-state index is 0.0324. The lowest BCUT2D eigenvalue weighted by Crippen LogP contribution is -2.39. The van der Waals surface area contributed by atoms with Gasteiger partial charge in [-0.25, -0.2) is 13.6 Å². The van der Waals surface area contributed by atoms with Crippen molar-refractivity contribution in [1.29, 1.82) is 5.26 Å². The molecule has 1 atom stereocenters. The van der Waals surface area contributed by atoms with Crippen molar-refractivity contribution in [2.75, 3.05) is 7.11 Å². The second-order valence-corrected chi connectivity index (χ2v) is 9.77. The number of hydrogen-bond acceptors (Lipinski definition) is 5. The molecule has 1 saturated carbocycles. The third-order valence-electron chi connectivity index (χ3n) is 6.67. The van der Waals surface area contributed by atoms with Gasteiger partial charge in [0.1, 0.15) is 5.75 Å². The first kappa shape index (κ1) is 27.0. The van der Waals surface area contributed by atoms with Gasteiger partial charge in [0, 0.05) is 41.5 Å². The fourth-order valence-corrected chi connectivity index (χ4v) is 4.91. The first-order valence-corrected chi connectivity index (χ1v) is 12.1. The van der Waals surface area contributed by atoms with E-state index in [-0.39, 0.29) is 48.3 Å². The number of Topliss-reactive ketones (excluding diaryl/α,β-unsaturated/α-hetero) is 1. The van der Waals surface area contributed by atoms with Crippen LogP contribution in [0.25, 0.3) is 11.1 Å².